The SMILES string of the molecule is CCNC(=NCCNC(=O)c1cccc(OC)c1)N1CCS(=O)(=O)C(C)(C)C1. The van der Waals surface area contributed by atoms with Crippen LogP contribution in [0.4, 0.5) is 0 Å². The summed E-state index contributed by atoms with van der Waals surface area (Å²) < 4.78 is 28.7. The molecule has 0 aliphatic carbocycles. The van der Waals surface area contributed by atoms with Crippen molar-refractivity contribution in [3.05, 3.63) is 29.8 Å². The molecule has 0 unspecified atom stereocenters. The highest BCUT2D eigenvalue weighted by Gasteiger charge is 2.40. The second kappa shape index (κ2) is 9.27. The fourth-order valence-electron chi connectivity index (χ4n) is 2.95. The molecule has 1 aromatic carbocycles. The Hall–Kier alpha value is -2.29. The lowest BCUT2D eigenvalue weighted by atomic mass is 10.2. The third-order valence-electron chi connectivity index (χ3n) is 4.67. The Kier molecular flexibility index (Phi) is 7.29. The van der Waals surface area contributed by atoms with Crippen LogP contribution in [0.2, 0.25) is 0 Å². The van der Waals surface area contributed by atoms with Crippen molar-refractivity contribution in [3.63, 3.8) is 0 Å². The molecule has 9 heteroatoms. The Balaban J connectivity index is 1.95. The molecule has 0 atom stereocenters. The number of amides is 1. The molecule has 1 saturated heterocycles. The lowest BCUT2D eigenvalue weighted by Crippen LogP contribution is -2.57. The molecule has 2 rings (SSSR count). The van der Waals surface area contributed by atoms with Crippen LogP contribution < -0.4 is 15.4 Å². The number of benzene rings is 1. The van der Waals surface area contributed by atoms with Gasteiger partial charge in [-0.25, -0.2) is 8.42 Å². The van der Waals surface area contributed by atoms with Gasteiger partial charge in [-0.1, -0.05) is 6.07 Å². The molecule has 2 N–H and O–H groups in total. The summed E-state index contributed by atoms with van der Waals surface area (Å²) in [7, 11) is -1.55. The quantitative estimate of drug-likeness (QED) is 0.411. The van der Waals surface area contributed by atoms with Gasteiger partial charge in [0, 0.05) is 31.7 Å². The lowest BCUT2D eigenvalue weighted by molar-refractivity contribution is 0.0954. The number of aliphatic imine (C=N–C) groups is 1. The van der Waals surface area contributed by atoms with Gasteiger partial charge in [-0.3, -0.25) is 9.79 Å². The van der Waals surface area contributed by atoms with Crippen molar-refractivity contribution in [2.24, 2.45) is 4.99 Å². The van der Waals surface area contributed by atoms with Gasteiger partial charge in [-0.15, -0.1) is 0 Å². The summed E-state index contributed by atoms with van der Waals surface area (Å²) in [6, 6.07) is 6.95. The number of sulfone groups is 1. The molecule has 1 aromatic rings. The second-order valence-electron chi connectivity index (χ2n) is 7.22. The normalized spacial score (nSPS) is 18.4. The Labute approximate surface area is 167 Å². The maximum absolute atomic E-state index is 12.2. The molecule has 8 nitrogen and oxygen atoms in total. The number of nitrogens with zero attached hydrogens (tertiary/aromatic N) is 2. The van der Waals surface area contributed by atoms with Crippen LogP contribution in [0.15, 0.2) is 29.3 Å². The second-order valence-corrected chi connectivity index (χ2v) is 9.97. The molecule has 1 aliphatic rings. The topological polar surface area (TPSA) is 100 Å². The number of carbonyl (C=O) groups is 1. The minimum atomic E-state index is -3.11. The van der Waals surface area contributed by atoms with E-state index in [9.17, 15) is 13.2 Å². The van der Waals surface area contributed by atoms with E-state index in [1.807, 2.05) is 11.8 Å². The Morgan fingerprint density at radius 3 is 2.71 bits per heavy atom. The minimum absolute atomic E-state index is 0.108. The van der Waals surface area contributed by atoms with Crippen molar-refractivity contribution in [3.8, 4) is 5.75 Å². The van der Waals surface area contributed by atoms with Crippen LogP contribution >= 0.6 is 0 Å². The van der Waals surface area contributed by atoms with Crippen molar-refractivity contribution in [2.45, 2.75) is 25.5 Å². The first kappa shape index (κ1) is 22.0. The van der Waals surface area contributed by atoms with Crippen LogP contribution in [0, 0.1) is 0 Å². The highest BCUT2D eigenvalue weighted by Crippen LogP contribution is 2.23. The molecule has 1 fully saturated rings. The molecule has 28 heavy (non-hydrogen) atoms. The molecule has 156 valence electrons. The fraction of sp³-hybridized carbons (Fsp3) is 0.579. The summed E-state index contributed by atoms with van der Waals surface area (Å²) >= 11 is 0. The van der Waals surface area contributed by atoms with E-state index < -0.39 is 14.6 Å². The van der Waals surface area contributed by atoms with E-state index in [-0.39, 0.29) is 11.7 Å². The highest BCUT2D eigenvalue weighted by molar-refractivity contribution is 7.92. The van der Waals surface area contributed by atoms with Crippen LogP contribution in [0.25, 0.3) is 0 Å². The van der Waals surface area contributed by atoms with E-state index in [0.29, 0.717) is 50.0 Å². The number of carbonyl (C=O) groups excluding carboxylic acids is 1. The maximum atomic E-state index is 12.2. The van der Waals surface area contributed by atoms with Crippen molar-refractivity contribution in [2.75, 3.05) is 45.6 Å². The van der Waals surface area contributed by atoms with E-state index in [1.54, 1.807) is 45.2 Å². The number of hydrogen-bond acceptors (Lipinski definition) is 5. The summed E-state index contributed by atoms with van der Waals surface area (Å²) in [6.45, 7) is 7.69. The Morgan fingerprint density at radius 1 is 1.32 bits per heavy atom. The Bertz CT molecular complexity index is 821. The molecule has 0 aromatic heterocycles. The molecule has 0 spiro atoms. The molecule has 1 heterocycles. The average molecular weight is 411 g/mol. The van der Waals surface area contributed by atoms with Crippen LogP contribution in [-0.2, 0) is 9.84 Å². The van der Waals surface area contributed by atoms with Crippen molar-refractivity contribution in [1.82, 2.24) is 15.5 Å². The van der Waals surface area contributed by atoms with Crippen molar-refractivity contribution in [1.29, 1.82) is 0 Å². The third kappa shape index (κ3) is 5.37. The third-order valence-corrected chi connectivity index (χ3v) is 7.20. The predicted octanol–water partition coefficient (Wildman–Crippen LogP) is 0.900. The number of rotatable bonds is 6. The van der Waals surface area contributed by atoms with Crippen LogP contribution in [0.5, 0.6) is 5.75 Å². The number of ether oxygens (including phenoxy) is 1. The van der Waals surface area contributed by atoms with E-state index >= 15 is 0 Å². The first-order valence-electron chi connectivity index (χ1n) is 9.38. The fourth-order valence-corrected chi connectivity index (χ4v) is 4.31. The zero-order valence-electron chi connectivity index (χ0n) is 17.0. The summed E-state index contributed by atoms with van der Waals surface area (Å²) in [5.41, 5.74) is 0.526. The van der Waals surface area contributed by atoms with Gasteiger partial charge in [0.25, 0.3) is 5.91 Å². The van der Waals surface area contributed by atoms with Crippen molar-refractivity contribution < 1.29 is 17.9 Å². The van der Waals surface area contributed by atoms with Crippen LogP contribution in [-0.4, -0.2) is 75.5 Å². The number of nitrogens with one attached hydrogen (secondary N) is 2. The van der Waals surface area contributed by atoms with E-state index in [1.165, 1.54) is 0 Å². The van der Waals surface area contributed by atoms with Gasteiger partial charge in [-0.05, 0) is 39.0 Å². The lowest BCUT2D eigenvalue weighted by Gasteiger charge is -2.39. The van der Waals surface area contributed by atoms with Gasteiger partial charge in [0.15, 0.2) is 15.8 Å². The van der Waals surface area contributed by atoms with Gasteiger partial charge in [0.1, 0.15) is 5.75 Å². The predicted molar refractivity (Wildman–Crippen MR) is 111 cm³/mol. The number of guanidine groups is 1. The van der Waals surface area contributed by atoms with Gasteiger partial charge < -0.3 is 20.3 Å². The molecule has 1 amide bonds. The Morgan fingerprint density at radius 2 is 2.07 bits per heavy atom. The van der Waals surface area contributed by atoms with Gasteiger partial charge in [0.05, 0.1) is 24.2 Å². The van der Waals surface area contributed by atoms with E-state index in [0.717, 1.165) is 0 Å². The summed E-state index contributed by atoms with van der Waals surface area (Å²) in [5, 5.41) is 6.04. The van der Waals surface area contributed by atoms with E-state index in [4.69, 9.17) is 4.74 Å². The molecular formula is C19H30N4O4S. The van der Waals surface area contributed by atoms with Crippen LogP contribution in [0.3, 0.4) is 0 Å². The monoisotopic (exact) mass is 410 g/mol. The average Bonchev–Trinajstić information content (AvgIpc) is 2.66. The zero-order valence-corrected chi connectivity index (χ0v) is 17.8. The largest absolute Gasteiger partial charge is 0.497 e. The first-order valence-corrected chi connectivity index (χ1v) is 11.0. The van der Waals surface area contributed by atoms with Crippen molar-refractivity contribution >= 4 is 21.7 Å². The smallest absolute Gasteiger partial charge is 0.251 e. The summed E-state index contributed by atoms with van der Waals surface area (Å²) in [4.78, 5) is 18.7. The zero-order chi connectivity index (χ0) is 20.8. The maximum Gasteiger partial charge on any atom is 0.251 e. The highest BCUT2D eigenvalue weighted by atomic mass is 32.2. The molecule has 0 bridgehead atoms. The standard InChI is InChI=1S/C19H30N4O4S/c1-5-20-18(23-11-12-28(25,26)19(2,3)14-23)22-10-9-21-17(24)15-7-6-8-16(13-15)27-4/h6-8,13H,5,9-12,14H2,1-4H3,(H,20,22)(H,21,24). The van der Waals surface area contributed by atoms with Gasteiger partial charge in [0.2, 0.25) is 0 Å². The molecular weight excluding hydrogens is 380 g/mol. The summed E-state index contributed by atoms with van der Waals surface area (Å²) in [6.07, 6.45) is 0. The minimum Gasteiger partial charge on any atom is -0.497 e. The first-order chi connectivity index (χ1) is 13.2. The van der Waals surface area contributed by atoms with Gasteiger partial charge in [-0.2, -0.15) is 0 Å². The number of hydrogen-bond donors (Lipinski definition) is 2. The summed E-state index contributed by atoms with van der Waals surface area (Å²) in [5.74, 6) is 1.21. The molecule has 0 saturated carbocycles. The van der Waals surface area contributed by atoms with E-state index in [2.05, 4.69) is 15.6 Å². The molecule has 1 aliphatic heterocycles. The van der Waals surface area contributed by atoms with Gasteiger partial charge >= 0.3 is 0 Å². The number of methoxy groups -OCH3 is 1. The van der Waals surface area contributed by atoms with Crippen LogP contribution in [0.1, 0.15) is 31.1 Å². The molecule has 0 radical (unpaired) electrons.